The van der Waals surface area contributed by atoms with Gasteiger partial charge in [-0.25, -0.2) is 0 Å². The molecule has 23 heavy (non-hydrogen) atoms. The van der Waals surface area contributed by atoms with Crippen molar-refractivity contribution in [3.63, 3.8) is 0 Å². The summed E-state index contributed by atoms with van der Waals surface area (Å²) in [4.78, 5) is 25.1. The van der Waals surface area contributed by atoms with Crippen molar-refractivity contribution in [2.45, 2.75) is 50.2 Å². The Bertz CT molecular complexity index is 633. The summed E-state index contributed by atoms with van der Waals surface area (Å²) in [6.45, 7) is 2.27. The highest BCUT2D eigenvalue weighted by atomic mass is 16.6. The molecule has 1 aliphatic heterocycles. The van der Waals surface area contributed by atoms with Gasteiger partial charge in [0.2, 0.25) is 0 Å². The lowest BCUT2D eigenvalue weighted by Gasteiger charge is -2.46. The summed E-state index contributed by atoms with van der Waals surface area (Å²) in [5.74, 6) is -0.317. The Morgan fingerprint density at radius 3 is 2.83 bits per heavy atom. The molecule has 6 nitrogen and oxygen atoms in total. The second kappa shape index (κ2) is 5.92. The van der Waals surface area contributed by atoms with Gasteiger partial charge in [0.25, 0.3) is 5.69 Å². The van der Waals surface area contributed by atoms with E-state index >= 15 is 0 Å². The number of nitro benzene ring substituents is 1. The van der Waals surface area contributed by atoms with Gasteiger partial charge in [-0.15, -0.1) is 0 Å². The van der Waals surface area contributed by atoms with Gasteiger partial charge in [0.1, 0.15) is 6.10 Å². The normalized spacial score (nSPS) is 30.7. The zero-order valence-electron chi connectivity index (χ0n) is 13.5. The smallest absolute Gasteiger partial charge is 0.302 e. The van der Waals surface area contributed by atoms with Crippen LogP contribution in [-0.4, -0.2) is 41.5 Å². The van der Waals surface area contributed by atoms with Gasteiger partial charge in [0.15, 0.2) is 0 Å². The van der Waals surface area contributed by atoms with Crippen LogP contribution in [-0.2, 0) is 14.9 Å². The summed E-state index contributed by atoms with van der Waals surface area (Å²) in [7, 11) is 2.05. The Kier molecular flexibility index (Phi) is 4.10. The van der Waals surface area contributed by atoms with Crippen molar-refractivity contribution < 1.29 is 14.5 Å². The molecule has 2 aliphatic rings. The fourth-order valence-corrected chi connectivity index (χ4v) is 4.56. The minimum Gasteiger partial charge on any atom is -0.462 e. The van der Waals surface area contributed by atoms with Gasteiger partial charge >= 0.3 is 5.97 Å². The minimum absolute atomic E-state index is 0.131. The fraction of sp³-hybridized carbons (Fsp3) is 0.588. The second-order valence-corrected chi connectivity index (χ2v) is 6.59. The Labute approximate surface area is 135 Å². The third kappa shape index (κ3) is 2.51. The number of esters is 1. The number of fused-ring (bicyclic) bond motifs is 1. The van der Waals surface area contributed by atoms with Crippen molar-refractivity contribution in [1.29, 1.82) is 0 Å². The van der Waals surface area contributed by atoms with E-state index < -0.39 is 5.41 Å². The molecule has 1 aromatic rings. The van der Waals surface area contributed by atoms with E-state index in [-0.39, 0.29) is 28.7 Å². The topological polar surface area (TPSA) is 72.7 Å². The molecule has 124 valence electrons. The van der Waals surface area contributed by atoms with Crippen LogP contribution in [0.15, 0.2) is 24.3 Å². The molecule has 0 amide bonds. The highest BCUT2D eigenvalue weighted by molar-refractivity contribution is 5.66. The Hall–Kier alpha value is -1.95. The Balaban J connectivity index is 2.16. The number of carbonyl (C=O) groups excluding carboxylic acids is 1. The predicted octanol–water partition coefficient (Wildman–Crippen LogP) is 2.65. The molecule has 0 N–H and O–H groups in total. The quantitative estimate of drug-likeness (QED) is 0.487. The van der Waals surface area contributed by atoms with E-state index in [1.807, 2.05) is 12.1 Å². The van der Waals surface area contributed by atoms with Crippen molar-refractivity contribution in [2.24, 2.45) is 0 Å². The second-order valence-electron chi connectivity index (χ2n) is 6.59. The lowest BCUT2D eigenvalue weighted by Crippen LogP contribution is -2.53. The number of hydrogen-bond donors (Lipinski definition) is 0. The van der Waals surface area contributed by atoms with Gasteiger partial charge in [-0.2, -0.15) is 0 Å². The highest BCUT2D eigenvalue weighted by Crippen LogP contribution is 2.51. The maximum Gasteiger partial charge on any atom is 0.302 e. The predicted molar refractivity (Wildman–Crippen MR) is 85.2 cm³/mol. The number of hydrogen-bond acceptors (Lipinski definition) is 5. The molecule has 1 saturated carbocycles. The third-order valence-corrected chi connectivity index (χ3v) is 5.43. The lowest BCUT2D eigenvalue weighted by atomic mass is 9.63. The maximum atomic E-state index is 11.6. The molecular weight excluding hydrogens is 296 g/mol. The van der Waals surface area contributed by atoms with Gasteiger partial charge < -0.3 is 9.64 Å². The van der Waals surface area contributed by atoms with Gasteiger partial charge in [0.05, 0.1) is 10.3 Å². The fourth-order valence-electron chi connectivity index (χ4n) is 4.56. The maximum absolute atomic E-state index is 11.6. The van der Waals surface area contributed by atoms with E-state index in [0.29, 0.717) is 5.56 Å². The van der Waals surface area contributed by atoms with Crippen LogP contribution in [0.5, 0.6) is 0 Å². The number of nitrogens with zero attached hydrogens (tertiary/aromatic N) is 2. The highest BCUT2D eigenvalue weighted by Gasteiger charge is 2.57. The SMILES string of the molecule is CC(=O)O[C@H]1CCC[C@H]2N(C)CC[C@@]12c1ccccc1[N+](=O)[O-]. The molecule has 0 bridgehead atoms. The average molecular weight is 318 g/mol. The van der Waals surface area contributed by atoms with Crippen molar-refractivity contribution >= 4 is 11.7 Å². The number of rotatable bonds is 3. The van der Waals surface area contributed by atoms with Crippen LogP contribution in [0, 0.1) is 10.1 Å². The van der Waals surface area contributed by atoms with E-state index in [4.69, 9.17) is 4.74 Å². The molecule has 1 saturated heterocycles. The Morgan fingerprint density at radius 1 is 1.39 bits per heavy atom. The molecule has 0 radical (unpaired) electrons. The van der Waals surface area contributed by atoms with Crippen LogP contribution < -0.4 is 0 Å². The summed E-state index contributed by atoms with van der Waals surface area (Å²) < 4.78 is 5.66. The molecule has 3 atom stereocenters. The molecule has 0 spiro atoms. The van der Waals surface area contributed by atoms with Gasteiger partial charge in [0, 0.05) is 24.6 Å². The van der Waals surface area contributed by atoms with Crippen LogP contribution in [0.4, 0.5) is 5.69 Å². The van der Waals surface area contributed by atoms with Gasteiger partial charge in [-0.05, 0) is 39.3 Å². The van der Waals surface area contributed by atoms with Crippen molar-refractivity contribution in [3.05, 3.63) is 39.9 Å². The summed E-state index contributed by atoms with van der Waals surface area (Å²) >= 11 is 0. The van der Waals surface area contributed by atoms with Crippen LogP contribution in [0.3, 0.4) is 0 Å². The number of likely N-dealkylation sites (tertiary alicyclic amines) is 1. The number of likely N-dealkylation sites (N-methyl/N-ethyl adjacent to an activating group) is 1. The summed E-state index contributed by atoms with van der Waals surface area (Å²) in [5.41, 5.74) is 0.361. The monoisotopic (exact) mass is 318 g/mol. The third-order valence-electron chi connectivity index (χ3n) is 5.43. The number of carbonyl (C=O) groups is 1. The molecule has 1 heterocycles. The van der Waals surface area contributed by atoms with E-state index in [1.54, 1.807) is 12.1 Å². The molecule has 1 aromatic carbocycles. The van der Waals surface area contributed by atoms with E-state index in [1.165, 1.54) is 6.92 Å². The average Bonchev–Trinajstić information content (AvgIpc) is 2.86. The largest absolute Gasteiger partial charge is 0.462 e. The van der Waals surface area contributed by atoms with Crippen molar-refractivity contribution in [2.75, 3.05) is 13.6 Å². The molecular formula is C17H22N2O4. The number of benzene rings is 1. The first-order chi connectivity index (χ1) is 11.0. The van der Waals surface area contributed by atoms with Gasteiger partial charge in [-0.1, -0.05) is 18.2 Å². The van der Waals surface area contributed by atoms with Crippen molar-refractivity contribution in [3.8, 4) is 0 Å². The van der Waals surface area contributed by atoms with Crippen LogP contribution in [0.1, 0.15) is 38.2 Å². The molecule has 0 aromatic heterocycles. The number of ether oxygens (including phenoxy) is 1. The van der Waals surface area contributed by atoms with Crippen LogP contribution in [0.25, 0.3) is 0 Å². The van der Waals surface area contributed by atoms with E-state index in [9.17, 15) is 14.9 Å². The first-order valence-electron chi connectivity index (χ1n) is 8.08. The summed E-state index contributed by atoms with van der Waals surface area (Å²) in [6, 6.07) is 7.09. The number of nitro groups is 1. The van der Waals surface area contributed by atoms with Crippen LogP contribution in [0.2, 0.25) is 0 Å². The zero-order chi connectivity index (χ0) is 16.6. The summed E-state index contributed by atoms with van der Waals surface area (Å²) in [6.07, 6.45) is 3.17. The first kappa shape index (κ1) is 15.9. The van der Waals surface area contributed by atoms with Crippen LogP contribution >= 0.6 is 0 Å². The standard InChI is InChI=1S/C17H22N2O4/c1-12(20)23-16-9-5-8-15-17(16,10-11-18(15)2)13-6-3-4-7-14(13)19(21)22/h3-4,6-7,15-16H,5,8-11H2,1-2H3/t15-,16+,17+/m1/s1. The molecule has 6 heteroatoms. The molecule has 1 aliphatic carbocycles. The Morgan fingerprint density at radius 2 is 2.13 bits per heavy atom. The minimum atomic E-state index is -0.484. The van der Waals surface area contributed by atoms with Gasteiger partial charge in [-0.3, -0.25) is 14.9 Å². The number of para-hydroxylation sites is 1. The molecule has 0 unspecified atom stereocenters. The first-order valence-corrected chi connectivity index (χ1v) is 8.08. The molecule has 2 fully saturated rings. The van der Waals surface area contributed by atoms with E-state index in [2.05, 4.69) is 11.9 Å². The molecule has 3 rings (SSSR count). The zero-order valence-corrected chi connectivity index (χ0v) is 13.5. The van der Waals surface area contributed by atoms with E-state index in [0.717, 1.165) is 32.2 Å². The lowest BCUT2D eigenvalue weighted by molar-refractivity contribution is -0.386. The summed E-state index contributed by atoms with van der Waals surface area (Å²) in [5, 5.41) is 11.5. The van der Waals surface area contributed by atoms with Crippen molar-refractivity contribution in [1.82, 2.24) is 4.90 Å².